The molecule has 1 saturated heterocycles. The zero-order valence-corrected chi connectivity index (χ0v) is 18.0. The minimum Gasteiger partial charge on any atom is -0.455 e. The Labute approximate surface area is 183 Å². The molecule has 3 rings (SSSR count). The van der Waals surface area contributed by atoms with Gasteiger partial charge in [0.25, 0.3) is 0 Å². The van der Waals surface area contributed by atoms with E-state index in [1.165, 1.54) is 0 Å². The van der Waals surface area contributed by atoms with E-state index in [2.05, 4.69) is 15.5 Å². The summed E-state index contributed by atoms with van der Waals surface area (Å²) in [4.78, 5) is 26.9. The van der Waals surface area contributed by atoms with Gasteiger partial charge in [0.2, 0.25) is 11.8 Å². The van der Waals surface area contributed by atoms with E-state index in [0.29, 0.717) is 36.9 Å². The Kier molecular flexibility index (Phi) is 8.87. The molecule has 31 heavy (non-hydrogen) atoms. The number of nitrogens with one attached hydrogen (secondary N) is 2. The van der Waals surface area contributed by atoms with Crippen LogP contribution in [0.5, 0.6) is 11.5 Å². The van der Waals surface area contributed by atoms with Gasteiger partial charge in [0.05, 0.1) is 12.2 Å². The summed E-state index contributed by atoms with van der Waals surface area (Å²) < 4.78 is 10.9. The highest BCUT2D eigenvalue weighted by Gasteiger charge is 2.25. The van der Waals surface area contributed by atoms with Gasteiger partial charge in [-0.25, -0.2) is 0 Å². The topological polar surface area (TPSA) is 79.9 Å². The van der Waals surface area contributed by atoms with Crippen LogP contribution < -0.4 is 15.4 Å². The van der Waals surface area contributed by atoms with Crippen LogP contribution in [0.25, 0.3) is 0 Å². The third-order valence-electron chi connectivity index (χ3n) is 5.28. The summed E-state index contributed by atoms with van der Waals surface area (Å²) in [6.45, 7) is 3.03. The fourth-order valence-electron chi connectivity index (χ4n) is 3.59. The zero-order valence-electron chi connectivity index (χ0n) is 18.0. The van der Waals surface area contributed by atoms with Crippen molar-refractivity contribution in [1.29, 1.82) is 0 Å². The Bertz CT molecular complexity index is 836. The fourth-order valence-corrected chi connectivity index (χ4v) is 3.59. The highest BCUT2D eigenvalue weighted by Crippen LogP contribution is 2.29. The molecular formula is C24H31N3O4. The van der Waals surface area contributed by atoms with Crippen LogP contribution in [0.4, 0.5) is 5.69 Å². The molecule has 1 fully saturated rings. The number of likely N-dealkylation sites (tertiary alicyclic amines) is 1. The number of carbonyl (C=O) groups is 2. The lowest BCUT2D eigenvalue weighted by molar-refractivity contribution is -0.126. The van der Waals surface area contributed by atoms with E-state index in [9.17, 15) is 9.59 Å². The third-order valence-corrected chi connectivity index (χ3v) is 5.28. The number of methoxy groups -OCH3 is 1. The summed E-state index contributed by atoms with van der Waals surface area (Å²) in [5.41, 5.74) is 0.640. The van der Waals surface area contributed by atoms with Gasteiger partial charge in [-0.3, -0.25) is 14.5 Å². The number of hydrogen-bond acceptors (Lipinski definition) is 5. The van der Waals surface area contributed by atoms with Crippen LogP contribution in [0.3, 0.4) is 0 Å². The molecule has 2 aromatic carbocycles. The van der Waals surface area contributed by atoms with E-state index in [4.69, 9.17) is 9.47 Å². The molecule has 7 nitrogen and oxygen atoms in total. The predicted molar refractivity (Wildman–Crippen MR) is 120 cm³/mol. The minimum absolute atomic E-state index is 0.0156. The molecule has 0 spiro atoms. The van der Waals surface area contributed by atoms with Gasteiger partial charge in [-0.05, 0) is 56.6 Å². The molecule has 0 saturated carbocycles. The van der Waals surface area contributed by atoms with Crippen molar-refractivity contribution < 1.29 is 19.1 Å². The first-order chi connectivity index (χ1) is 15.2. The average Bonchev–Trinajstić information content (AvgIpc) is 2.79. The first kappa shape index (κ1) is 22.8. The Morgan fingerprint density at radius 2 is 1.74 bits per heavy atom. The molecule has 0 unspecified atom stereocenters. The lowest BCUT2D eigenvalue weighted by Crippen LogP contribution is -2.43. The quantitative estimate of drug-likeness (QED) is 0.571. The number of piperidine rings is 1. The van der Waals surface area contributed by atoms with Crippen molar-refractivity contribution in [1.82, 2.24) is 10.2 Å². The van der Waals surface area contributed by atoms with E-state index in [0.717, 1.165) is 32.4 Å². The van der Waals surface area contributed by atoms with E-state index >= 15 is 0 Å². The number of para-hydroxylation sites is 3. The maximum Gasteiger partial charge on any atom is 0.238 e. The molecular weight excluding hydrogens is 394 g/mol. The summed E-state index contributed by atoms with van der Waals surface area (Å²) >= 11 is 0. The summed E-state index contributed by atoms with van der Waals surface area (Å²) in [6, 6.07) is 16.9. The van der Waals surface area contributed by atoms with Crippen molar-refractivity contribution in [3.05, 3.63) is 54.6 Å². The van der Waals surface area contributed by atoms with Crippen LogP contribution in [0.15, 0.2) is 54.6 Å². The highest BCUT2D eigenvalue weighted by atomic mass is 16.5. The number of anilines is 1. The molecule has 1 aliphatic rings. The van der Waals surface area contributed by atoms with E-state index < -0.39 is 0 Å². The molecule has 7 heteroatoms. The molecule has 0 atom stereocenters. The maximum atomic E-state index is 12.6. The van der Waals surface area contributed by atoms with Gasteiger partial charge >= 0.3 is 0 Å². The number of amides is 2. The average molecular weight is 426 g/mol. The molecule has 2 aromatic rings. The second kappa shape index (κ2) is 12.1. The number of nitrogens with zero attached hydrogens (tertiary/aromatic N) is 1. The summed E-state index contributed by atoms with van der Waals surface area (Å²) in [5, 5.41) is 5.93. The molecule has 2 amide bonds. The van der Waals surface area contributed by atoms with Crippen LogP contribution >= 0.6 is 0 Å². The molecule has 0 radical (unpaired) electrons. The second-order valence-corrected chi connectivity index (χ2v) is 7.65. The van der Waals surface area contributed by atoms with E-state index in [1.54, 1.807) is 7.11 Å². The van der Waals surface area contributed by atoms with Gasteiger partial charge in [-0.1, -0.05) is 30.3 Å². The van der Waals surface area contributed by atoms with Crippen LogP contribution in [0.1, 0.15) is 19.3 Å². The van der Waals surface area contributed by atoms with Crippen molar-refractivity contribution in [2.45, 2.75) is 19.3 Å². The van der Waals surface area contributed by atoms with E-state index in [-0.39, 0.29) is 17.7 Å². The molecule has 0 aromatic heterocycles. The second-order valence-electron chi connectivity index (χ2n) is 7.65. The molecule has 1 heterocycles. The molecule has 2 N–H and O–H groups in total. The van der Waals surface area contributed by atoms with Crippen LogP contribution in [-0.2, 0) is 14.3 Å². The minimum atomic E-state index is -0.0911. The van der Waals surface area contributed by atoms with Crippen molar-refractivity contribution >= 4 is 17.5 Å². The van der Waals surface area contributed by atoms with Gasteiger partial charge < -0.3 is 20.1 Å². The Morgan fingerprint density at radius 1 is 1.03 bits per heavy atom. The fraction of sp³-hybridized carbons (Fsp3) is 0.417. The van der Waals surface area contributed by atoms with Gasteiger partial charge in [-0.15, -0.1) is 0 Å². The molecule has 0 aliphatic carbocycles. The maximum absolute atomic E-state index is 12.6. The summed E-state index contributed by atoms with van der Waals surface area (Å²) in [5.74, 6) is 1.35. The number of hydrogen-bond donors (Lipinski definition) is 2. The summed E-state index contributed by atoms with van der Waals surface area (Å²) in [7, 11) is 1.66. The number of ether oxygens (including phenoxy) is 2. The van der Waals surface area contributed by atoms with Crippen LogP contribution in [-0.4, -0.2) is 56.6 Å². The number of benzene rings is 2. The highest BCUT2D eigenvalue weighted by molar-refractivity contribution is 5.93. The van der Waals surface area contributed by atoms with Crippen LogP contribution in [0, 0.1) is 5.92 Å². The molecule has 0 bridgehead atoms. The lowest BCUT2D eigenvalue weighted by Gasteiger charge is -2.30. The first-order valence-electron chi connectivity index (χ1n) is 10.8. The molecule has 166 valence electrons. The van der Waals surface area contributed by atoms with Crippen molar-refractivity contribution in [2.24, 2.45) is 5.92 Å². The Hall–Kier alpha value is -2.90. The summed E-state index contributed by atoms with van der Waals surface area (Å²) in [6.07, 6.45) is 2.34. The SMILES string of the molecule is COCCCNC(=O)C1CCN(CC(=O)Nc2ccccc2Oc2ccccc2)CC1. The van der Waals surface area contributed by atoms with Gasteiger partial charge in [0.15, 0.2) is 5.75 Å². The van der Waals surface area contributed by atoms with Crippen molar-refractivity contribution in [3.8, 4) is 11.5 Å². The Balaban J connectivity index is 1.44. The van der Waals surface area contributed by atoms with Gasteiger partial charge in [0, 0.05) is 26.2 Å². The lowest BCUT2D eigenvalue weighted by atomic mass is 9.96. The number of rotatable bonds is 10. The third kappa shape index (κ3) is 7.38. The van der Waals surface area contributed by atoms with Crippen LogP contribution in [0.2, 0.25) is 0 Å². The first-order valence-corrected chi connectivity index (χ1v) is 10.8. The smallest absolute Gasteiger partial charge is 0.238 e. The van der Waals surface area contributed by atoms with Gasteiger partial charge in [-0.2, -0.15) is 0 Å². The molecule has 1 aliphatic heterocycles. The zero-order chi connectivity index (χ0) is 21.9. The van der Waals surface area contributed by atoms with E-state index in [1.807, 2.05) is 54.6 Å². The normalized spacial score (nSPS) is 14.7. The predicted octanol–water partition coefficient (Wildman–Crippen LogP) is 3.28. The Morgan fingerprint density at radius 3 is 2.48 bits per heavy atom. The standard InChI is InChI=1S/C24H31N3O4/c1-30-17-7-14-25-24(29)19-12-15-27(16-13-19)18-23(28)26-21-10-5-6-11-22(21)31-20-8-3-2-4-9-20/h2-6,8-11,19H,7,12-18H2,1H3,(H,25,29)(H,26,28). The number of carbonyl (C=O) groups excluding carboxylic acids is 2. The largest absolute Gasteiger partial charge is 0.455 e. The van der Waals surface area contributed by atoms with Crippen molar-refractivity contribution in [2.75, 3.05) is 45.2 Å². The van der Waals surface area contributed by atoms with Gasteiger partial charge in [0.1, 0.15) is 5.75 Å². The van der Waals surface area contributed by atoms with Crippen molar-refractivity contribution in [3.63, 3.8) is 0 Å². The monoisotopic (exact) mass is 425 g/mol.